The number of anilines is 1. The van der Waals surface area contributed by atoms with Gasteiger partial charge in [-0.25, -0.2) is 0 Å². The van der Waals surface area contributed by atoms with Crippen molar-refractivity contribution in [1.29, 1.82) is 0 Å². The molecule has 0 heterocycles. The van der Waals surface area contributed by atoms with Gasteiger partial charge in [-0.2, -0.15) is 0 Å². The summed E-state index contributed by atoms with van der Waals surface area (Å²) in [7, 11) is 1.62. The molecule has 2 atom stereocenters. The van der Waals surface area contributed by atoms with E-state index in [9.17, 15) is 4.79 Å². The number of benzene rings is 1. The van der Waals surface area contributed by atoms with Gasteiger partial charge in [0.05, 0.1) is 11.6 Å². The van der Waals surface area contributed by atoms with Crippen molar-refractivity contribution in [3.63, 3.8) is 0 Å². The molecule has 0 fully saturated rings. The Morgan fingerprint density at radius 3 is 2.59 bits per heavy atom. The molecule has 0 saturated heterocycles. The number of methoxy groups -OCH3 is 1. The number of ether oxygens (including phenoxy) is 3. The molecule has 0 aliphatic carbocycles. The summed E-state index contributed by atoms with van der Waals surface area (Å²) in [6, 6.07) is 5.23. The second-order valence-electron chi connectivity index (χ2n) is 7.02. The summed E-state index contributed by atoms with van der Waals surface area (Å²) in [5.74, 6) is 0.414. The van der Waals surface area contributed by atoms with E-state index in [2.05, 4.69) is 12.2 Å². The largest absolute Gasteiger partial charge is 0.487 e. The van der Waals surface area contributed by atoms with E-state index in [1.165, 1.54) is 0 Å². The molecule has 1 aromatic rings. The van der Waals surface area contributed by atoms with Gasteiger partial charge in [-0.15, -0.1) is 0 Å². The summed E-state index contributed by atoms with van der Waals surface area (Å²) < 4.78 is 16.7. The van der Waals surface area contributed by atoms with Gasteiger partial charge in [0.25, 0.3) is 5.91 Å². The number of carbonyl (C=O) groups is 1. The predicted octanol–water partition coefficient (Wildman–Crippen LogP) is 5.46. The molecule has 1 aromatic carbocycles. The van der Waals surface area contributed by atoms with E-state index < -0.39 is 5.60 Å². The lowest BCUT2D eigenvalue weighted by molar-refractivity contribution is -0.140. The molecule has 2 unspecified atom stereocenters. The highest BCUT2D eigenvalue weighted by atomic mass is 35.5. The Bertz CT molecular complexity index is 581. The van der Waals surface area contributed by atoms with Crippen molar-refractivity contribution in [1.82, 2.24) is 0 Å². The van der Waals surface area contributed by atoms with E-state index in [1.807, 2.05) is 20.8 Å². The van der Waals surface area contributed by atoms with Crippen LogP contribution in [0.5, 0.6) is 5.75 Å². The molecule has 0 aliphatic rings. The number of hydrogen-bond donors (Lipinski definition) is 1. The molecule has 6 heteroatoms. The summed E-state index contributed by atoms with van der Waals surface area (Å²) in [6.07, 6.45) is 4.58. The first-order valence-corrected chi connectivity index (χ1v) is 10.1. The van der Waals surface area contributed by atoms with Crippen molar-refractivity contribution in [3.8, 4) is 5.75 Å². The van der Waals surface area contributed by atoms with Crippen LogP contribution in [0.4, 0.5) is 5.69 Å². The van der Waals surface area contributed by atoms with Gasteiger partial charge in [-0.1, -0.05) is 44.7 Å². The fourth-order valence-electron chi connectivity index (χ4n) is 2.71. The molecule has 0 aromatic heterocycles. The summed E-state index contributed by atoms with van der Waals surface area (Å²) in [6.45, 7) is 8.97. The van der Waals surface area contributed by atoms with Gasteiger partial charge < -0.3 is 19.5 Å². The second kappa shape index (κ2) is 12.2. The van der Waals surface area contributed by atoms with E-state index in [1.54, 1.807) is 25.3 Å². The number of nitrogens with one attached hydrogen (secondary N) is 1. The first-order valence-electron chi connectivity index (χ1n) is 9.76. The number of amides is 1. The monoisotopic (exact) mass is 399 g/mol. The van der Waals surface area contributed by atoms with E-state index in [0.717, 1.165) is 25.7 Å². The molecule has 154 valence electrons. The molecule has 5 nitrogen and oxygen atoms in total. The average Bonchev–Trinajstić information content (AvgIpc) is 2.62. The van der Waals surface area contributed by atoms with Gasteiger partial charge in [0.15, 0.2) is 0 Å². The molecule has 1 amide bonds. The Morgan fingerprint density at radius 1 is 1.26 bits per heavy atom. The van der Waals surface area contributed by atoms with Gasteiger partial charge in [-0.3, -0.25) is 4.79 Å². The van der Waals surface area contributed by atoms with Crippen LogP contribution in [-0.2, 0) is 14.3 Å². The Labute approximate surface area is 168 Å². The van der Waals surface area contributed by atoms with Crippen LogP contribution in [-0.4, -0.2) is 37.9 Å². The number of unbranched alkanes of at least 4 members (excludes halogenated alkanes) is 2. The molecule has 0 bridgehead atoms. The zero-order valence-electron chi connectivity index (χ0n) is 17.3. The molecule has 1 rings (SSSR count). The van der Waals surface area contributed by atoms with E-state index in [4.69, 9.17) is 25.8 Å². The molecule has 0 radical (unpaired) electrons. The van der Waals surface area contributed by atoms with Crippen molar-refractivity contribution < 1.29 is 19.0 Å². The Morgan fingerprint density at radius 2 is 2.00 bits per heavy atom. The second-order valence-corrected chi connectivity index (χ2v) is 7.43. The maximum Gasteiger partial charge on any atom is 0.256 e. The number of carbonyl (C=O) groups excluding carboxylic acids is 1. The van der Waals surface area contributed by atoms with Gasteiger partial charge >= 0.3 is 0 Å². The van der Waals surface area contributed by atoms with Gasteiger partial charge in [-0.05, 0) is 44.9 Å². The fourth-order valence-corrected chi connectivity index (χ4v) is 2.94. The lowest BCUT2D eigenvalue weighted by Gasteiger charge is -2.29. The Balaban J connectivity index is 2.80. The minimum Gasteiger partial charge on any atom is -0.487 e. The van der Waals surface area contributed by atoms with Crippen LogP contribution in [0.2, 0.25) is 5.02 Å². The first-order chi connectivity index (χ1) is 12.9. The number of rotatable bonds is 13. The number of hydrogen-bond acceptors (Lipinski definition) is 4. The first kappa shape index (κ1) is 23.7. The quantitative estimate of drug-likeness (QED) is 0.447. The third kappa shape index (κ3) is 8.08. The van der Waals surface area contributed by atoms with Crippen molar-refractivity contribution >= 4 is 23.2 Å². The van der Waals surface area contributed by atoms with Crippen molar-refractivity contribution in [2.75, 3.05) is 25.6 Å². The van der Waals surface area contributed by atoms with Gasteiger partial charge in [0.1, 0.15) is 17.5 Å². The predicted molar refractivity (Wildman–Crippen MR) is 111 cm³/mol. The molecule has 0 aliphatic heterocycles. The lowest BCUT2D eigenvalue weighted by atomic mass is 9.96. The highest BCUT2D eigenvalue weighted by molar-refractivity contribution is 6.32. The van der Waals surface area contributed by atoms with Gasteiger partial charge in [0, 0.05) is 19.4 Å². The van der Waals surface area contributed by atoms with Crippen LogP contribution in [0.25, 0.3) is 0 Å². The Kier molecular flexibility index (Phi) is 10.7. The third-order valence-electron chi connectivity index (χ3n) is 4.28. The summed E-state index contributed by atoms with van der Waals surface area (Å²) in [5, 5.41) is 3.38. The maximum absolute atomic E-state index is 12.9. The molecular weight excluding hydrogens is 366 g/mol. The van der Waals surface area contributed by atoms with Crippen molar-refractivity contribution in [3.05, 3.63) is 23.2 Å². The Hall–Kier alpha value is -1.30. The number of halogens is 1. The van der Waals surface area contributed by atoms with Crippen molar-refractivity contribution in [2.45, 2.75) is 71.5 Å². The zero-order chi connectivity index (χ0) is 20.3. The summed E-state index contributed by atoms with van der Waals surface area (Å²) >= 11 is 6.31. The topological polar surface area (TPSA) is 56.8 Å². The van der Waals surface area contributed by atoms with Crippen LogP contribution < -0.4 is 10.1 Å². The minimum atomic E-state index is -0.847. The van der Waals surface area contributed by atoms with E-state index in [0.29, 0.717) is 36.1 Å². The standard InChI is InChI=1S/C21H34ClNO4/c1-6-8-9-12-21(4,26-13-7-2)20(24)23-17-10-11-19(18(22)14-17)27-16(3)15-25-5/h10-11,14,16H,6-9,12-13,15H2,1-5H3,(H,23,24). The average molecular weight is 400 g/mol. The molecule has 27 heavy (non-hydrogen) atoms. The van der Waals surface area contributed by atoms with Crippen LogP contribution in [0.1, 0.15) is 59.8 Å². The molecule has 0 saturated carbocycles. The molecule has 1 N–H and O–H groups in total. The lowest BCUT2D eigenvalue weighted by Crippen LogP contribution is -2.43. The molecule has 0 spiro atoms. The normalized spacial score (nSPS) is 14.4. The summed E-state index contributed by atoms with van der Waals surface area (Å²) in [4.78, 5) is 12.9. The SMILES string of the molecule is CCCCCC(C)(OCCC)C(=O)Nc1ccc(OC(C)COC)c(Cl)c1. The van der Waals surface area contributed by atoms with E-state index in [-0.39, 0.29) is 12.0 Å². The van der Waals surface area contributed by atoms with Crippen LogP contribution in [0.3, 0.4) is 0 Å². The molecular formula is C21H34ClNO4. The van der Waals surface area contributed by atoms with E-state index >= 15 is 0 Å². The highest BCUT2D eigenvalue weighted by Crippen LogP contribution is 2.30. The highest BCUT2D eigenvalue weighted by Gasteiger charge is 2.33. The maximum atomic E-state index is 12.9. The fraction of sp³-hybridized carbons (Fsp3) is 0.667. The van der Waals surface area contributed by atoms with Crippen LogP contribution in [0, 0.1) is 0 Å². The minimum absolute atomic E-state index is 0.114. The van der Waals surface area contributed by atoms with Crippen LogP contribution in [0.15, 0.2) is 18.2 Å². The smallest absolute Gasteiger partial charge is 0.256 e. The third-order valence-corrected chi connectivity index (χ3v) is 4.58. The zero-order valence-corrected chi connectivity index (χ0v) is 18.0. The van der Waals surface area contributed by atoms with Gasteiger partial charge in [0.2, 0.25) is 0 Å². The van der Waals surface area contributed by atoms with Crippen LogP contribution >= 0.6 is 11.6 Å². The van der Waals surface area contributed by atoms with Crippen molar-refractivity contribution in [2.24, 2.45) is 0 Å². The summed E-state index contributed by atoms with van der Waals surface area (Å²) in [5.41, 5.74) is -0.224.